The zero-order valence-electron chi connectivity index (χ0n) is 11.3. The second kappa shape index (κ2) is 5.63. The molecule has 1 atom stereocenters. The Morgan fingerprint density at radius 1 is 1.47 bits per heavy atom. The summed E-state index contributed by atoms with van der Waals surface area (Å²) in [6.07, 6.45) is 3.70. The number of rotatable bonds is 4. The molecule has 0 aliphatic carbocycles. The average Bonchev–Trinajstić information content (AvgIpc) is 2.77. The number of imidazole rings is 1. The van der Waals surface area contributed by atoms with E-state index >= 15 is 0 Å². The summed E-state index contributed by atoms with van der Waals surface area (Å²) < 4.78 is 1.99. The summed E-state index contributed by atoms with van der Waals surface area (Å²) in [7, 11) is 3.97. The van der Waals surface area contributed by atoms with E-state index < -0.39 is 0 Å². The van der Waals surface area contributed by atoms with Crippen LogP contribution in [-0.4, -0.2) is 26.6 Å². The Labute approximate surface area is 118 Å². The molecule has 0 bridgehead atoms. The van der Waals surface area contributed by atoms with Crippen molar-refractivity contribution in [1.29, 1.82) is 0 Å². The summed E-state index contributed by atoms with van der Waals surface area (Å²) in [6, 6.07) is 5.17. The van der Waals surface area contributed by atoms with Gasteiger partial charge in [0, 0.05) is 36.1 Å². The lowest BCUT2D eigenvalue weighted by Crippen LogP contribution is -2.23. The highest BCUT2D eigenvalue weighted by Gasteiger charge is 2.17. The van der Waals surface area contributed by atoms with E-state index in [0.29, 0.717) is 11.6 Å². The second-order valence-electron chi connectivity index (χ2n) is 4.75. The minimum Gasteiger partial charge on any atom is -0.508 e. The van der Waals surface area contributed by atoms with Gasteiger partial charge in [0.15, 0.2) is 0 Å². The zero-order chi connectivity index (χ0) is 14.0. The Kier molecular flexibility index (Phi) is 4.12. The summed E-state index contributed by atoms with van der Waals surface area (Å²) in [5.74, 6) is 1.25. The van der Waals surface area contributed by atoms with Crippen molar-refractivity contribution in [3.63, 3.8) is 0 Å². The first-order chi connectivity index (χ1) is 8.99. The number of hydrogen-bond acceptors (Lipinski definition) is 3. The van der Waals surface area contributed by atoms with E-state index in [4.69, 9.17) is 11.6 Å². The molecule has 0 aliphatic rings. The predicted octanol–water partition coefficient (Wildman–Crippen LogP) is 2.97. The lowest BCUT2D eigenvalue weighted by atomic mass is 10.1. The van der Waals surface area contributed by atoms with E-state index in [1.807, 2.05) is 31.8 Å². The Morgan fingerprint density at radius 3 is 2.84 bits per heavy atom. The molecule has 4 nitrogen and oxygen atoms in total. The third-order valence-electron chi connectivity index (χ3n) is 3.41. The molecule has 1 unspecified atom stereocenters. The van der Waals surface area contributed by atoms with Crippen LogP contribution in [-0.2, 0) is 13.6 Å². The molecule has 19 heavy (non-hydrogen) atoms. The van der Waals surface area contributed by atoms with Crippen LogP contribution < -0.4 is 0 Å². The van der Waals surface area contributed by atoms with Crippen molar-refractivity contribution < 1.29 is 5.11 Å². The van der Waals surface area contributed by atoms with Crippen molar-refractivity contribution in [3.8, 4) is 5.75 Å². The molecule has 0 saturated heterocycles. The van der Waals surface area contributed by atoms with Crippen LogP contribution in [0.5, 0.6) is 5.75 Å². The standard InChI is InChI=1S/C14H18ClN3O/c1-10(12-8-11(15)4-5-13(12)19)18(3)9-14-16-6-7-17(14)2/h4-8,10,19H,9H2,1-3H3. The first kappa shape index (κ1) is 13.9. The highest BCUT2D eigenvalue weighted by molar-refractivity contribution is 6.30. The highest BCUT2D eigenvalue weighted by Crippen LogP contribution is 2.30. The molecule has 0 saturated carbocycles. The van der Waals surface area contributed by atoms with Crippen LogP contribution in [0.4, 0.5) is 0 Å². The van der Waals surface area contributed by atoms with E-state index in [1.54, 1.807) is 24.4 Å². The van der Waals surface area contributed by atoms with E-state index in [2.05, 4.69) is 9.88 Å². The normalized spacial score (nSPS) is 12.9. The maximum Gasteiger partial charge on any atom is 0.122 e. The second-order valence-corrected chi connectivity index (χ2v) is 5.19. The fourth-order valence-electron chi connectivity index (χ4n) is 2.01. The number of phenols is 1. The quantitative estimate of drug-likeness (QED) is 0.935. The number of aromatic hydroxyl groups is 1. The maximum absolute atomic E-state index is 9.93. The van der Waals surface area contributed by atoms with Crippen LogP contribution in [0.15, 0.2) is 30.6 Å². The molecule has 0 spiro atoms. The Morgan fingerprint density at radius 2 is 2.21 bits per heavy atom. The number of aryl methyl sites for hydroxylation is 1. The summed E-state index contributed by atoms with van der Waals surface area (Å²) in [6.45, 7) is 2.74. The van der Waals surface area contributed by atoms with Gasteiger partial charge in [-0.1, -0.05) is 11.6 Å². The fraction of sp³-hybridized carbons (Fsp3) is 0.357. The summed E-state index contributed by atoms with van der Waals surface area (Å²) in [4.78, 5) is 6.42. The van der Waals surface area contributed by atoms with Gasteiger partial charge in [0.25, 0.3) is 0 Å². The smallest absolute Gasteiger partial charge is 0.122 e. The number of nitrogens with zero attached hydrogens (tertiary/aromatic N) is 3. The minimum absolute atomic E-state index is 0.0513. The van der Waals surface area contributed by atoms with Gasteiger partial charge in [0.1, 0.15) is 11.6 Å². The number of halogens is 1. The molecular weight excluding hydrogens is 262 g/mol. The molecule has 5 heteroatoms. The fourth-order valence-corrected chi connectivity index (χ4v) is 2.19. The van der Waals surface area contributed by atoms with Crippen molar-refractivity contribution in [2.24, 2.45) is 7.05 Å². The molecule has 1 N–H and O–H groups in total. The molecule has 2 rings (SSSR count). The average molecular weight is 280 g/mol. The van der Waals surface area contributed by atoms with Gasteiger partial charge in [-0.05, 0) is 32.2 Å². The van der Waals surface area contributed by atoms with E-state index in [-0.39, 0.29) is 11.8 Å². The molecule has 1 aromatic heterocycles. The minimum atomic E-state index is 0.0513. The van der Waals surface area contributed by atoms with Crippen molar-refractivity contribution in [2.75, 3.05) is 7.05 Å². The van der Waals surface area contributed by atoms with Gasteiger partial charge in [-0.25, -0.2) is 4.98 Å². The zero-order valence-corrected chi connectivity index (χ0v) is 12.1. The monoisotopic (exact) mass is 279 g/mol. The van der Waals surface area contributed by atoms with E-state index in [9.17, 15) is 5.11 Å². The van der Waals surface area contributed by atoms with Crippen molar-refractivity contribution in [3.05, 3.63) is 47.0 Å². The summed E-state index contributed by atoms with van der Waals surface area (Å²) in [5.41, 5.74) is 0.823. The molecular formula is C14H18ClN3O. The van der Waals surface area contributed by atoms with Crippen LogP contribution in [0.1, 0.15) is 24.4 Å². The van der Waals surface area contributed by atoms with Crippen LogP contribution in [0, 0.1) is 0 Å². The van der Waals surface area contributed by atoms with Crippen LogP contribution in [0.25, 0.3) is 0 Å². The van der Waals surface area contributed by atoms with Gasteiger partial charge in [-0.3, -0.25) is 4.90 Å². The Balaban J connectivity index is 2.17. The molecule has 0 aliphatic heterocycles. The molecule has 1 heterocycles. The lowest BCUT2D eigenvalue weighted by Gasteiger charge is -2.25. The summed E-state index contributed by atoms with van der Waals surface area (Å²) >= 11 is 5.99. The largest absolute Gasteiger partial charge is 0.508 e. The van der Waals surface area contributed by atoms with E-state index in [0.717, 1.165) is 11.4 Å². The number of phenolic OH excluding ortho intramolecular Hbond substituents is 1. The van der Waals surface area contributed by atoms with Gasteiger partial charge < -0.3 is 9.67 Å². The molecule has 2 aromatic rings. The van der Waals surface area contributed by atoms with Gasteiger partial charge in [-0.2, -0.15) is 0 Å². The first-order valence-electron chi connectivity index (χ1n) is 6.14. The highest BCUT2D eigenvalue weighted by atomic mass is 35.5. The SMILES string of the molecule is CC(c1cc(Cl)ccc1O)N(C)Cc1nccn1C. The van der Waals surface area contributed by atoms with Gasteiger partial charge in [-0.15, -0.1) is 0 Å². The van der Waals surface area contributed by atoms with Crippen molar-refractivity contribution in [1.82, 2.24) is 14.5 Å². The van der Waals surface area contributed by atoms with Crippen molar-refractivity contribution >= 4 is 11.6 Å². The third kappa shape index (κ3) is 3.08. The molecule has 0 fully saturated rings. The first-order valence-corrected chi connectivity index (χ1v) is 6.51. The number of benzene rings is 1. The predicted molar refractivity (Wildman–Crippen MR) is 76.2 cm³/mol. The van der Waals surface area contributed by atoms with Crippen molar-refractivity contribution in [2.45, 2.75) is 19.5 Å². The van der Waals surface area contributed by atoms with E-state index in [1.165, 1.54) is 0 Å². The Bertz CT molecular complexity index is 568. The topological polar surface area (TPSA) is 41.3 Å². The number of aromatic nitrogens is 2. The molecule has 102 valence electrons. The molecule has 0 amide bonds. The van der Waals surface area contributed by atoms with Gasteiger partial charge in [0.2, 0.25) is 0 Å². The maximum atomic E-state index is 9.93. The van der Waals surface area contributed by atoms with Gasteiger partial charge in [0.05, 0.1) is 6.54 Å². The van der Waals surface area contributed by atoms with Crippen LogP contribution >= 0.6 is 11.6 Å². The lowest BCUT2D eigenvalue weighted by molar-refractivity contribution is 0.240. The third-order valence-corrected chi connectivity index (χ3v) is 3.65. The summed E-state index contributed by atoms with van der Waals surface area (Å²) in [5, 5.41) is 10.6. The molecule has 1 aromatic carbocycles. The number of hydrogen-bond donors (Lipinski definition) is 1. The van der Waals surface area contributed by atoms with Crippen LogP contribution in [0.3, 0.4) is 0 Å². The molecule has 0 radical (unpaired) electrons. The Hall–Kier alpha value is -1.52. The van der Waals surface area contributed by atoms with Crippen LogP contribution in [0.2, 0.25) is 5.02 Å². The van der Waals surface area contributed by atoms with Gasteiger partial charge >= 0.3 is 0 Å².